The van der Waals surface area contributed by atoms with Crippen LogP contribution in [0.25, 0.3) is 0 Å². The minimum atomic E-state index is -0.492. The number of esters is 1. The van der Waals surface area contributed by atoms with Gasteiger partial charge in [0.2, 0.25) is 0 Å². The molecule has 0 saturated heterocycles. The standard InChI is InChI=1S/C10H16N2O2S2/c1-2-14-10(13)9(11)3-4-15-6-8-5-12-7-16-8/h5,7,9H,2-4,6,11H2,1H3. The lowest BCUT2D eigenvalue weighted by atomic mass is 10.2. The first kappa shape index (κ1) is 13.5. The highest BCUT2D eigenvalue weighted by atomic mass is 32.2. The lowest BCUT2D eigenvalue weighted by Crippen LogP contribution is -2.32. The van der Waals surface area contributed by atoms with Gasteiger partial charge in [-0.3, -0.25) is 9.78 Å². The number of hydrogen-bond donors (Lipinski definition) is 1. The van der Waals surface area contributed by atoms with E-state index < -0.39 is 6.04 Å². The van der Waals surface area contributed by atoms with Crippen molar-refractivity contribution in [1.29, 1.82) is 0 Å². The van der Waals surface area contributed by atoms with E-state index in [1.54, 1.807) is 30.0 Å². The van der Waals surface area contributed by atoms with Gasteiger partial charge in [-0.15, -0.1) is 11.3 Å². The van der Waals surface area contributed by atoms with Crippen molar-refractivity contribution >= 4 is 29.1 Å². The van der Waals surface area contributed by atoms with Crippen molar-refractivity contribution in [2.75, 3.05) is 12.4 Å². The predicted octanol–water partition coefficient (Wildman–Crippen LogP) is 1.66. The van der Waals surface area contributed by atoms with Crippen LogP contribution in [0.3, 0.4) is 0 Å². The van der Waals surface area contributed by atoms with E-state index in [1.165, 1.54) is 4.88 Å². The summed E-state index contributed by atoms with van der Waals surface area (Å²) < 4.78 is 4.83. The highest BCUT2D eigenvalue weighted by molar-refractivity contribution is 7.98. The van der Waals surface area contributed by atoms with Crippen LogP contribution in [0.2, 0.25) is 0 Å². The average molecular weight is 260 g/mol. The Morgan fingerprint density at radius 1 is 1.75 bits per heavy atom. The Kier molecular flexibility index (Phi) is 6.44. The molecule has 1 unspecified atom stereocenters. The average Bonchev–Trinajstić information content (AvgIpc) is 2.77. The normalized spacial score (nSPS) is 12.4. The summed E-state index contributed by atoms with van der Waals surface area (Å²) in [6, 6.07) is -0.492. The molecule has 0 fully saturated rings. The Morgan fingerprint density at radius 3 is 3.19 bits per heavy atom. The zero-order chi connectivity index (χ0) is 11.8. The molecule has 0 radical (unpaired) electrons. The summed E-state index contributed by atoms with van der Waals surface area (Å²) in [7, 11) is 0. The van der Waals surface area contributed by atoms with Crippen LogP contribution < -0.4 is 5.73 Å². The van der Waals surface area contributed by atoms with Crippen molar-refractivity contribution in [2.45, 2.75) is 25.1 Å². The molecule has 0 spiro atoms. The van der Waals surface area contributed by atoms with E-state index in [1.807, 2.05) is 11.7 Å². The molecule has 0 bridgehead atoms. The van der Waals surface area contributed by atoms with Gasteiger partial charge in [-0.2, -0.15) is 11.8 Å². The molecule has 0 amide bonds. The third-order valence-corrected chi connectivity index (χ3v) is 3.89. The lowest BCUT2D eigenvalue weighted by Gasteiger charge is -2.09. The summed E-state index contributed by atoms with van der Waals surface area (Å²) in [4.78, 5) is 16.4. The molecular formula is C10H16N2O2S2. The maximum absolute atomic E-state index is 11.2. The van der Waals surface area contributed by atoms with Crippen molar-refractivity contribution in [2.24, 2.45) is 5.73 Å². The topological polar surface area (TPSA) is 65.2 Å². The largest absolute Gasteiger partial charge is 0.465 e. The Hall–Kier alpha value is -0.590. The van der Waals surface area contributed by atoms with E-state index in [9.17, 15) is 4.79 Å². The van der Waals surface area contributed by atoms with Crippen LogP contribution in [0.1, 0.15) is 18.2 Å². The van der Waals surface area contributed by atoms with Gasteiger partial charge in [0.05, 0.1) is 12.1 Å². The fourth-order valence-corrected chi connectivity index (χ4v) is 2.81. The number of hydrogen-bond acceptors (Lipinski definition) is 6. The lowest BCUT2D eigenvalue weighted by molar-refractivity contribution is -0.144. The van der Waals surface area contributed by atoms with Crippen LogP contribution in [0.15, 0.2) is 11.7 Å². The van der Waals surface area contributed by atoms with E-state index in [0.29, 0.717) is 13.0 Å². The second-order valence-corrected chi connectivity index (χ2v) is 5.24. The molecule has 90 valence electrons. The molecule has 0 saturated carbocycles. The SMILES string of the molecule is CCOC(=O)C(N)CCSCc1cncs1. The second kappa shape index (κ2) is 7.65. The van der Waals surface area contributed by atoms with Crippen LogP contribution >= 0.6 is 23.1 Å². The first-order valence-electron chi connectivity index (χ1n) is 5.11. The molecule has 1 rings (SSSR count). The fourth-order valence-electron chi connectivity index (χ4n) is 1.06. The van der Waals surface area contributed by atoms with Crippen molar-refractivity contribution in [3.63, 3.8) is 0 Å². The van der Waals surface area contributed by atoms with Crippen LogP contribution in [0, 0.1) is 0 Å². The quantitative estimate of drug-likeness (QED) is 0.596. The van der Waals surface area contributed by atoms with Gasteiger partial charge in [-0.25, -0.2) is 0 Å². The molecule has 1 atom stereocenters. The Bertz CT molecular complexity index is 304. The van der Waals surface area contributed by atoms with E-state index >= 15 is 0 Å². The molecule has 1 heterocycles. The summed E-state index contributed by atoms with van der Waals surface area (Å²) >= 11 is 3.40. The molecular weight excluding hydrogens is 244 g/mol. The van der Waals surface area contributed by atoms with Gasteiger partial charge in [0.15, 0.2) is 0 Å². The number of rotatable bonds is 7. The minimum Gasteiger partial charge on any atom is -0.465 e. The van der Waals surface area contributed by atoms with Crippen LogP contribution in [-0.2, 0) is 15.3 Å². The number of aromatic nitrogens is 1. The highest BCUT2D eigenvalue weighted by Crippen LogP contribution is 2.16. The van der Waals surface area contributed by atoms with E-state index in [0.717, 1.165) is 11.5 Å². The Morgan fingerprint density at radius 2 is 2.56 bits per heavy atom. The maximum Gasteiger partial charge on any atom is 0.322 e. The zero-order valence-electron chi connectivity index (χ0n) is 9.22. The van der Waals surface area contributed by atoms with Crippen molar-refractivity contribution in [1.82, 2.24) is 4.98 Å². The van der Waals surface area contributed by atoms with E-state index in [2.05, 4.69) is 4.98 Å². The fraction of sp³-hybridized carbons (Fsp3) is 0.600. The number of nitrogens with two attached hydrogens (primary N) is 1. The Balaban J connectivity index is 2.08. The van der Waals surface area contributed by atoms with Gasteiger partial charge >= 0.3 is 5.97 Å². The molecule has 4 nitrogen and oxygen atoms in total. The maximum atomic E-state index is 11.2. The summed E-state index contributed by atoms with van der Waals surface area (Å²) in [5, 5.41) is 0. The predicted molar refractivity (Wildman–Crippen MR) is 67.5 cm³/mol. The monoisotopic (exact) mass is 260 g/mol. The van der Waals surface area contributed by atoms with E-state index in [-0.39, 0.29) is 5.97 Å². The third-order valence-electron chi connectivity index (χ3n) is 1.89. The van der Waals surface area contributed by atoms with Gasteiger partial charge < -0.3 is 10.5 Å². The number of thiazole rings is 1. The number of carbonyl (C=O) groups excluding carboxylic acids is 1. The number of nitrogens with zero attached hydrogens (tertiary/aromatic N) is 1. The zero-order valence-corrected chi connectivity index (χ0v) is 10.9. The van der Waals surface area contributed by atoms with Crippen LogP contribution in [0.5, 0.6) is 0 Å². The van der Waals surface area contributed by atoms with Crippen LogP contribution in [0.4, 0.5) is 0 Å². The molecule has 6 heteroatoms. The molecule has 0 aliphatic rings. The Labute approximate surface area is 104 Å². The van der Waals surface area contributed by atoms with Crippen molar-refractivity contribution < 1.29 is 9.53 Å². The van der Waals surface area contributed by atoms with Gasteiger partial charge in [0.1, 0.15) is 6.04 Å². The molecule has 0 aromatic carbocycles. The summed E-state index contributed by atoms with van der Waals surface area (Å²) in [6.07, 6.45) is 2.52. The smallest absolute Gasteiger partial charge is 0.322 e. The van der Waals surface area contributed by atoms with Gasteiger partial charge in [0, 0.05) is 16.8 Å². The minimum absolute atomic E-state index is 0.305. The molecule has 2 N–H and O–H groups in total. The molecule has 1 aromatic rings. The molecule has 0 aliphatic carbocycles. The van der Waals surface area contributed by atoms with Gasteiger partial charge in [-0.05, 0) is 19.1 Å². The molecule has 1 aromatic heterocycles. The van der Waals surface area contributed by atoms with E-state index in [4.69, 9.17) is 10.5 Å². The third kappa shape index (κ3) is 4.96. The number of carbonyl (C=O) groups is 1. The number of thioether (sulfide) groups is 1. The summed E-state index contributed by atoms with van der Waals surface area (Å²) in [5.41, 5.74) is 7.48. The van der Waals surface area contributed by atoms with Gasteiger partial charge in [0.25, 0.3) is 0 Å². The second-order valence-electron chi connectivity index (χ2n) is 3.17. The first-order chi connectivity index (χ1) is 7.74. The van der Waals surface area contributed by atoms with Gasteiger partial charge in [-0.1, -0.05) is 0 Å². The molecule has 0 aliphatic heterocycles. The van der Waals surface area contributed by atoms with Crippen LogP contribution in [-0.4, -0.2) is 29.4 Å². The van der Waals surface area contributed by atoms with Crippen molar-refractivity contribution in [3.8, 4) is 0 Å². The highest BCUT2D eigenvalue weighted by Gasteiger charge is 2.13. The summed E-state index contributed by atoms with van der Waals surface area (Å²) in [6.45, 7) is 2.17. The molecule has 16 heavy (non-hydrogen) atoms. The first-order valence-corrected chi connectivity index (χ1v) is 7.14. The van der Waals surface area contributed by atoms with Crippen molar-refractivity contribution in [3.05, 3.63) is 16.6 Å². The number of ether oxygens (including phenoxy) is 1. The summed E-state index contributed by atoms with van der Waals surface area (Å²) in [5.74, 6) is 1.49.